The SMILES string of the molecule is Cc1nc(CCNC(=O)[C@H]2CC(=O)N(C3CC3)C2)sc1Cl. The van der Waals surface area contributed by atoms with E-state index in [1.807, 2.05) is 11.8 Å². The number of aromatic nitrogens is 1. The summed E-state index contributed by atoms with van der Waals surface area (Å²) in [6, 6.07) is 0.399. The van der Waals surface area contributed by atoms with Gasteiger partial charge in [0.25, 0.3) is 0 Å². The number of carbonyl (C=O) groups excluding carboxylic acids is 2. The number of aryl methyl sites for hydroxylation is 1. The van der Waals surface area contributed by atoms with E-state index in [1.54, 1.807) is 0 Å². The first-order chi connectivity index (χ1) is 10.0. The number of thiazole rings is 1. The van der Waals surface area contributed by atoms with Crippen molar-refractivity contribution in [3.63, 3.8) is 0 Å². The van der Waals surface area contributed by atoms with E-state index in [2.05, 4.69) is 10.3 Å². The van der Waals surface area contributed by atoms with Gasteiger partial charge < -0.3 is 10.2 Å². The molecule has 1 N–H and O–H groups in total. The van der Waals surface area contributed by atoms with Gasteiger partial charge in [0.1, 0.15) is 4.34 Å². The topological polar surface area (TPSA) is 62.3 Å². The summed E-state index contributed by atoms with van der Waals surface area (Å²) in [6.45, 7) is 2.99. The molecule has 1 aromatic rings. The van der Waals surface area contributed by atoms with Crippen molar-refractivity contribution in [1.29, 1.82) is 0 Å². The maximum Gasteiger partial charge on any atom is 0.225 e. The van der Waals surface area contributed by atoms with Crippen LogP contribution in [0.2, 0.25) is 4.34 Å². The number of halogens is 1. The number of likely N-dealkylation sites (tertiary alicyclic amines) is 1. The summed E-state index contributed by atoms with van der Waals surface area (Å²) < 4.78 is 0.706. The lowest BCUT2D eigenvalue weighted by Gasteiger charge is -2.15. The minimum atomic E-state index is -0.195. The van der Waals surface area contributed by atoms with Gasteiger partial charge >= 0.3 is 0 Å². The van der Waals surface area contributed by atoms with Crippen LogP contribution < -0.4 is 5.32 Å². The van der Waals surface area contributed by atoms with Gasteiger partial charge in [-0.05, 0) is 19.8 Å². The second kappa shape index (κ2) is 5.93. The van der Waals surface area contributed by atoms with E-state index >= 15 is 0 Å². The highest BCUT2D eigenvalue weighted by molar-refractivity contribution is 7.16. The zero-order valence-electron chi connectivity index (χ0n) is 11.9. The fourth-order valence-corrected chi connectivity index (χ4v) is 3.72. The van der Waals surface area contributed by atoms with Crippen LogP contribution in [-0.4, -0.2) is 40.8 Å². The highest BCUT2D eigenvalue weighted by atomic mass is 35.5. The molecule has 2 heterocycles. The lowest BCUT2D eigenvalue weighted by atomic mass is 10.1. The summed E-state index contributed by atoms with van der Waals surface area (Å²) >= 11 is 7.42. The lowest BCUT2D eigenvalue weighted by molar-refractivity contribution is -0.129. The van der Waals surface area contributed by atoms with Crippen LogP contribution in [0.4, 0.5) is 0 Å². The Hall–Kier alpha value is -1.14. The minimum absolute atomic E-state index is 0.0223. The molecule has 21 heavy (non-hydrogen) atoms. The third kappa shape index (κ3) is 3.37. The van der Waals surface area contributed by atoms with Gasteiger partial charge in [-0.3, -0.25) is 9.59 Å². The van der Waals surface area contributed by atoms with Crippen molar-refractivity contribution in [3.8, 4) is 0 Å². The van der Waals surface area contributed by atoms with Crippen molar-refractivity contribution >= 4 is 34.8 Å². The van der Waals surface area contributed by atoms with Crippen molar-refractivity contribution < 1.29 is 9.59 Å². The molecule has 2 fully saturated rings. The molecule has 0 unspecified atom stereocenters. The zero-order chi connectivity index (χ0) is 15.0. The third-order valence-corrected chi connectivity index (χ3v) is 5.45. The summed E-state index contributed by atoms with van der Waals surface area (Å²) in [5, 5.41) is 3.84. The summed E-state index contributed by atoms with van der Waals surface area (Å²) in [5.41, 5.74) is 0.837. The van der Waals surface area contributed by atoms with Crippen LogP contribution in [0.1, 0.15) is 30.0 Å². The number of nitrogens with one attached hydrogen (secondary N) is 1. The molecule has 1 atom stereocenters. The van der Waals surface area contributed by atoms with E-state index in [9.17, 15) is 9.59 Å². The Balaban J connectivity index is 1.45. The standard InChI is InChI=1S/C14H18ClN3O2S/c1-8-13(15)21-11(17-8)4-5-16-14(20)9-6-12(19)18(7-9)10-2-3-10/h9-10H,2-7H2,1H3,(H,16,20)/t9-/m0/s1. The number of carbonyl (C=O) groups is 2. The number of nitrogens with zero attached hydrogens (tertiary/aromatic N) is 2. The molecule has 2 aliphatic rings. The van der Waals surface area contributed by atoms with E-state index in [4.69, 9.17) is 11.6 Å². The van der Waals surface area contributed by atoms with Crippen LogP contribution in [0.3, 0.4) is 0 Å². The van der Waals surface area contributed by atoms with Gasteiger partial charge in [0.15, 0.2) is 0 Å². The summed E-state index contributed by atoms with van der Waals surface area (Å²) in [7, 11) is 0. The van der Waals surface area contributed by atoms with E-state index in [-0.39, 0.29) is 17.7 Å². The smallest absolute Gasteiger partial charge is 0.225 e. The summed E-state index contributed by atoms with van der Waals surface area (Å²) in [5.74, 6) is -0.0921. The fourth-order valence-electron chi connectivity index (χ4n) is 2.62. The Morgan fingerprint density at radius 3 is 2.90 bits per heavy atom. The predicted molar refractivity (Wildman–Crippen MR) is 81.4 cm³/mol. The molecule has 1 aliphatic heterocycles. The van der Waals surface area contributed by atoms with Crippen LogP contribution in [0.15, 0.2) is 0 Å². The number of rotatable bonds is 5. The molecular formula is C14H18ClN3O2S. The summed E-state index contributed by atoms with van der Waals surface area (Å²) in [6.07, 6.45) is 3.20. The molecule has 7 heteroatoms. The lowest BCUT2D eigenvalue weighted by Crippen LogP contribution is -2.34. The molecule has 3 rings (SSSR count). The zero-order valence-corrected chi connectivity index (χ0v) is 13.5. The predicted octanol–water partition coefficient (Wildman–Crippen LogP) is 1.77. The molecule has 0 bridgehead atoms. The first-order valence-electron chi connectivity index (χ1n) is 7.23. The molecule has 5 nitrogen and oxygen atoms in total. The Morgan fingerprint density at radius 1 is 1.52 bits per heavy atom. The molecular weight excluding hydrogens is 310 g/mol. The van der Waals surface area contributed by atoms with Crippen LogP contribution in [0, 0.1) is 12.8 Å². The molecule has 1 saturated carbocycles. The van der Waals surface area contributed by atoms with Crippen molar-refractivity contribution in [2.75, 3.05) is 13.1 Å². The van der Waals surface area contributed by atoms with E-state index in [0.29, 0.717) is 36.3 Å². The second-order valence-electron chi connectivity index (χ2n) is 5.69. The Labute approximate surface area is 132 Å². The van der Waals surface area contributed by atoms with Crippen molar-refractivity contribution in [3.05, 3.63) is 15.0 Å². The van der Waals surface area contributed by atoms with Crippen molar-refractivity contribution in [2.45, 2.75) is 38.6 Å². The highest BCUT2D eigenvalue weighted by Gasteiger charge is 2.41. The van der Waals surface area contributed by atoms with Crippen molar-refractivity contribution in [2.24, 2.45) is 5.92 Å². The maximum atomic E-state index is 12.1. The van der Waals surface area contributed by atoms with Crippen LogP contribution in [0.25, 0.3) is 0 Å². The van der Waals surface area contributed by atoms with Gasteiger partial charge in [-0.2, -0.15) is 0 Å². The quantitative estimate of drug-likeness (QED) is 0.896. The number of hydrogen-bond donors (Lipinski definition) is 1. The minimum Gasteiger partial charge on any atom is -0.355 e. The third-order valence-electron chi connectivity index (χ3n) is 3.94. The average Bonchev–Trinajstić information content (AvgIpc) is 3.13. The molecule has 2 amide bonds. The van der Waals surface area contributed by atoms with Gasteiger partial charge in [-0.25, -0.2) is 4.98 Å². The second-order valence-corrected chi connectivity index (χ2v) is 7.37. The molecule has 1 aliphatic carbocycles. The van der Waals surface area contributed by atoms with Gasteiger partial charge in [0.05, 0.1) is 16.6 Å². The maximum absolute atomic E-state index is 12.1. The van der Waals surface area contributed by atoms with Crippen LogP contribution in [0.5, 0.6) is 0 Å². The monoisotopic (exact) mass is 327 g/mol. The largest absolute Gasteiger partial charge is 0.355 e. The fraction of sp³-hybridized carbons (Fsp3) is 0.643. The number of amides is 2. The molecule has 1 aromatic heterocycles. The molecule has 1 saturated heterocycles. The molecule has 0 spiro atoms. The molecule has 0 radical (unpaired) electrons. The Bertz CT molecular complexity index is 551. The molecule has 0 aromatic carbocycles. The average molecular weight is 328 g/mol. The Kier molecular flexibility index (Phi) is 4.17. The van der Waals surface area contributed by atoms with Crippen molar-refractivity contribution in [1.82, 2.24) is 15.2 Å². The van der Waals surface area contributed by atoms with Gasteiger partial charge in [0.2, 0.25) is 11.8 Å². The van der Waals surface area contributed by atoms with Gasteiger partial charge in [0, 0.05) is 32.0 Å². The summed E-state index contributed by atoms with van der Waals surface area (Å²) in [4.78, 5) is 30.1. The van der Waals surface area contributed by atoms with Gasteiger partial charge in [-0.15, -0.1) is 11.3 Å². The van der Waals surface area contributed by atoms with Crippen LogP contribution >= 0.6 is 22.9 Å². The normalized spacial score (nSPS) is 21.9. The Morgan fingerprint density at radius 2 is 2.29 bits per heavy atom. The van der Waals surface area contributed by atoms with E-state index < -0.39 is 0 Å². The highest BCUT2D eigenvalue weighted by Crippen LogP contribution is 2.32. The first-order valence-corrected chi connectivity index (χ1v) is 8.43. The van der Waals surface area contributed by atoms with E-state index in [0.717, 1.165) is 23.5 Å². The van der Waals surface area contributed by atoms with Gasteiger partial charge in [-0.1, -0.05) is 11.6 Å². The first kappa shape index (κ1) is 14.8. The molecule has 114 valence electrons. The number of hydrogen-bond acceptors (Lipinski definition) is 4. The van der Waals surface area contributed by atoms with E-state index in [1.165, 1.54) is 11.3 Å². The van der Waals surface area contributed by atoms with Crippen LogP contribution in [-0.2, 0) is 16.0 Å².